The third-order valence-corrected chi connectivity index (χ3v) is 3.47. The highest BCUT2D eigenvalue weighted by Gasteiger charge is 2.08. The van der Waals surface area contributed by atoms with Crippen LogP contribution in [-0.4, -0.2) is 31.8 Å². The van der Waals surface area contributed by atoms with Gasteiger partial charge in [-0.3, -0.25) is 10.9 Å². The first-order valence-electron chi connectivity index (χ1n) is 7.19. The fraction of sp³-hybridized carbons (Fsp3) is 0.286. The first-order valence-corrected chi connectivity index (χ1v) is 7.59. The number of nitrogens with zero attached hydrogens (tertiary/aromatic N) is 3. The molecule has 8 heteroatoms. The highest BCUT2D eigenvalue weighted by atomic mass is 32.1. The maximum absolute atomic E-state index is 5.15. The number of para-hydroxylation sites is 1. The largest absolute Gasteiger partial charge is 0.361 e. The number of fused-ring (bicyclic) bond motifs is 3. The average Bonchev–Trinajstić information content (AvgIpc) is 2.91. The van der Waals surface area contributed by atoms with Crippen LogP contribution in [0.3, 0.4) is 0 Å². The fourth-order valence-corrected chi connectivity index (χ4v) is 2.26. The van der Waals surface area contributed by atoms with E-state index in [9.17, 15) is 0 Å². The third kappa shape index (κ3) is 3.06. The van der Waals surface area contributed by atoms with Crippen molar-refractivity contribution >= 4 is 45.3 Å². The Labute approximate surface area is 132 Å². The molecule has 0 saturated carbocycles. The van der Waals surface area contributed by atoms with Crippen molar-refractivity contribution in [2.24, 2.45) is 0 Å². The first kappa shape index (κ1) is 14.5. The lowest BCUT2D eigenvalue weighted by atomic mass is 10.2. The Morgan fingerprint density at radius 3 is 3.00 bits per heavy atom. The van der Waals surface area contributed by atoms with Crippen molar-refractivity contribution in [2.75, 3.05) is 12.0 Å². The van der Waals surface area contributed by atoms with Gasteiger partial charge in [-0.2, -0.15) is 4.98 Å². The lowest BCUT2D eigenvalue weighted by molar-refractivity contribution is 0.747. The van der Waals surface area contributed by atoms with Crippen LogP contribution in [0.5, 0.6) is 0 Å². The molecule has 0 radical (unpaired) electrons. The van der Waals surface area contributed by atoms with Crippen LogP contribution in [0.4, 0.5) is 5.95 Å². The number of unbranched alkanes of at least 4 members (excludes halogenated alkanes) is 1. The van der Waals surface area contributed by atoms with E-state index in [4.69, 9.17) is 12.2 Å². The minimum absolute atomic E-state index is 0.360. The van der Waals surface area contributed by atoms with E-state index in [2.05, 4.69) is 43.3 Å². The van der Waals surface area contributed by atoms with Crippen LogP contribution in [0.1, 0.15) is 19.8 Å². The van der Waals surface area contributed by atoms with Crippen molar-refractivity contribution in [2.45, 2.75) is 19.8 Å². The Kier molecular flexibility index (Phi) is 4.29. The molecule has 0 bridgehead atoms. The molecule has 2 aromatic heterocycles. The number of aromatic amines is 1. The van der Waals surface area contributed by atoms with Gasteiger partial charge in [0.1, 0.15) is 5.52 Å². The third-order valence-electron chi connectivity index (χ3n) is 3.23. The van der Waals surface area contributed by atoms with Gasteiger partial charge in [-0.15, -0.1) is 10.2 Å². The van der Waals surface area contributed by atoms with Crippen molar-refractivity contribution in [3.05, 3.63) is 24.3 Å². The minimum Gasteiger partial charge on any atom is -0.361 e. The van der Waals surface area contributed by atoms with Gasteiger partial charge in [-0.1, -0.05) is 31.5 Å². The van der Waals surface area contributed by atoms with Crippen LogP contribution in [0.2, 0.25) is 0 Å². The summed E-state index contributed by atoms with van der Waals surface area (Å²) in [7, 11) is 0. The number of thiocarbonyl (C=S) groups is 1. The first-order chi connectivity index (χ1) is 10.8. The van der Waals surface area contributed by atoms with Gasteiger partial charge >= 0.3 is 0 Å². The number of aromatic nitrogens is 4. The van der Waals surface area contributed by atoms with Crippen LogP contribution in [0.25, 0.3) is 22.1 Å². The summed E-state index contributed by atoms with van der Waals surface area (Å²) in [5.74, 6) is 0.360. The Morgan fingerprint density at radius 1 is 1.27 bits per heavy atom. The van der Waals surface area contributed by atoms with Crippen molar-refractivity contribution in [1.29, 1.82) is 0 Å². The van der Waals surface area contributed by atoms with Crippen LogP contribution in [0, 0.1) is 0 Å². The van der Waals surface area contributed by atoms with Crippen molar-refractivity contribution in [3.63, 3.8) is 0 Å². The van der Waals surface area contributed by atoms with Crippen LogP contribution < -0.4 is 16.2 Å². The number of anilines is 1. The molecular formula is C14H17N7S. The fourth-order valence-electron chi connectivity index (χ4n) is 2.11. The second-order valence-electron chi connectivity index (χ2n) is 4.86. The zero-order valence-corrected chi connectivity index (χ0v) is 13.0. The average molecular weight is 315 g/mol. The molecule has 0 aliphatic rings. The SMILES string of the molecule is CCCCNC(=S)NNc1nnc2c(n1)[nH]c1ccccc12. The van der Waals surface area contributed by atoms with Crippen molar-refractivity contribution in [1.82, 2.24) is 30.9 Å². The van der Waals surface area contributed by atoms with Crippen molar-refractivity contribution in [3.8, 4) is 0 Å². The molecule has 3 rings (SSSR count). The molecule has 114 valence electrons. The zero-order chi connectivity index (χ0) is 15.4. The molecule has 0 fully saturated rings. The highest BCUT2D eigenvalue weighted by Crippen LogP contribution is 2.21. The number of hydrogen-bond acceptors (Lipinski definition) is 5. The molecule has 7 nitrogen and oxygen atoms in total. The summed E-state index contributed by atoms with van der Waals surface area (Å²) < 4.78 is 0. The minimum atomic E-state index is 0.360. The molecule has 3 aromatic rings. The summed E-state index contributed by atoms with van der Waals surface area (Å²) >= 11 is 5.15. The van der Waals surface area contributed by atoms with Crippen molar-refractivity contribution < 1.29 is 0 Å². The number of hydrazine groups is 1. The second kappa shape index (κ2) is 6.52. The molecular weight excluding hydrogens is 298 g/mol. The van der Waals surface area contributed by atoms with Crippen LogP contribution in [-0.2, 0) is 0 Å². The molecule has 2 heterocycles. The number of rotatable bonds is 5. The lowest BCUT2D eigenvalue weighted by Gasteiger charge is -2.10. The number of H-pyrrole nitrogens is 1. The van der Waals surface area contributed by atoms with Gasteiger partial charge in [0.25, 0.3) is 5.95 Å². The second-order valence-corrected chi connectivity index (χ2v) is 5.27. The normalized spacial score (nSPS) is 10.8. The van der Waals surface area contributed by atoms with E-state index in [1.54, 1.807) is 0 Å². The molecule has 0 aliphatic carbocycles. The zero-order valence-electron chi connectivity index (χ0n) is 12.2. The maximum atomic E-state index is 5.15. The van der Waals surface area contributed by atoms with E-state index < -0.39 is 0 Å². The topological polar surface area (TPSA) is 90.5 Å². The summed E-state index contributed by atoms with van der Waals surface area (Å²) in [6, 6.07) is 7.90. The molecule has 4 N–H and O–H groups in total. The van der Waals surface area contributed by atoms with Gasteiger partial charge in [0.2, 0.25) is 0 Å². The van der Waals surface area contributed by atoms with Gasteiger partial charge in [-0.25, -0.2) is 0 Å². The smallest absolute Gasteiger partial charge is 0.263 e. The standard InChI is InChI=1S/C14H17N7S/c1-2-3-8-15-14(22)21-20-13-17-12-11(18-19-13)9-6-4-5-7-10(9)16-12/h4-7H,2-3,8H2,1H3,(H2,15,21,22)(H2,16,17,19,20). The maximum Gasteiger partial charge on any atom is 0.263 e. The molecule has 0 saturated heterocycles. The monoisotopic (exact) mass is 315 g/mol. The van der Waals surface area contributed by atoms with E-state index >= 15 is 0 Å². The predicted octanol–water partition coefficient (Wildman–Crippen LogP) is 2.10. The van der Waals surface area contributed by atoms with Gasteiger partial charge in [-0.05, 0) is 24.7 Å². The van der Waals surface area contributed by atoms with Gasteiger partial charge in [0.05, 0.1) is 0 Å². The van der Waals surface area contributed by atoms with Crippen LogP contribution >= 0.6 is 12.2 Å². The quantitative estimate of drug-likeness (QED) is 0.325. The Morgan fingerprint density at radius 2 is 2.14 bits per heavy atom. The summed E-state index contributed by atoms with van der Waals surface area (Å²) in [5, 5.41) is 12.9. The molecule has 1 aromatic carbocycles. The molecule has 0 amide bonds. The van der Waals surface area contributed by atoms with Gasteiger partial charge in [0, 0.05) is 17.4 Å². The summed E-state index contributed by atoms with van der Waals surface area (Å²) in [5.41, 5.74) is 8.12. The lowest BCUT2D eigenvalue weighted by Crippen LogP contribution is -2.39. The van der Waals surface area contributed by atoms with Gasteiger partial charge in [0.15, 0.2) is 10.8 Å². The number of benzene rings is 1. The Balaban J connectivity index is 1.70. The number of hydrogen-bond donors (Lipinski definition) is 4. The van der Waals surface area contributed by atoms with E-state index in [0.717, 1.165) is 35.8 Å². The van der Waals surface area contributed by atoms with E-state index in [-0.39, 0.29) is 0 Å². The van der Waals surface area contributed by atoms with E-state index in [0.29, 0.717) is 16.7 Å². The summed E-state index contributed by atoms with van der Waals surface area (Å²) in [6.07, 6.45) is 2.19. The Bertz CT molecular complexity index is 798. The molecule has 22 heavy (non-hydrogen) atoms. The van der Waals surface area contributed by atoms with Crippen LogP contribution in [0.15, 0.2) is 24.3 Å². The molecule has 0 aliphatic heterocycles. The van der Waals surface area contributed by atoms with E-state index in [1.165, 1.54) is 0 Å². The van der Waals surface area contributed by atoms with Gasteiger partial charge < -0.3 is 10.3 Å². The summed E-state index contributed by atoms with van der Waals surface area (Å²) in [6.45, 7) is 2.97. The van der Waals surface area contributed by atoms with E-state index in [1.807, 2.05) is 24.3 Å². The number of nitrogens with one attached hydrogen (secondary N) is 4. The highest BCUT2D eigenvalue weighted by molar-refractivity contribution is 7.80. The molecule has 0 unspecified atom stereocenters. The molecule has 0 atom stereocenters. The summed E-state index contributed by atoms with van der Waals surface area (Å²) in [4.78, 5) is 7.61. The Hall–Kier alpha value is -2.48. The predicted molar refractivity (Wildman–Crippen MR) is 91.5 cm³/mol. The molecule has 0 spiro atoms.